The lowest BCUT2D eigenvalue weighted by Gasteiger charge is -2.16. The first-order chi connectivity index (χ1) is 13.5. The molecule has 0 aromatic heterocycles. The number of hydrogen-bond donors (Lipinski definition) is 2. The Morgan fingerprint density at radius 2 is 1.89 bits per heavy atom. The second-order valence-corrected chi connectivity index (χ2v) is 6.80. The van der Waals surface area contributed by atoms with Crippen molar-refractivity contribution in [2.45, 2.75) is 19.9 Å². The van der Waals surface area contributed by atoms with Gasteiger partial charge in [0.1, 0.15) is 5.75 Å². The molecule has 2 aromatic carbocycles. The minimum atomic E-state index is -0.491. The molecule has 0 spiro atoms. The van der Waals surface area contributed by atoms with Gasteiger partial charge in [0.15, 0.2) is 6.61 Å². The molecule has 7 heteroatoms. The van der Waals surface area contributed by atoms with E-state index in [0.29, 0.717) is 18.8 Å². The number of aryl methyl sites for hydroxylation is 1. The summed E-state index contributed by atoms with van der Waals surface area (Å²) in [6.45, 7) is 2.51. The number of likely N-dealkylation sites (tertiary alicyclic amines) is 1. The Morgan fingerprint density at radius 1 is 1.11 bits per heavy atom. The Kier molecular flexibility index (Phi) is 6.26. The third-order valence-electron chi connectivity index (χ3n) is 4.49. The van der Waals surface area contributed by atoms with Crippen molar-refractivity contribution in [3.05, 3.63) is 65.7 Å². The maximum Gasteiger partial charge on any atom is 0.276 e. The summed E-state index contributed by atoms with van der Waals surface area (Å²) in [7, 11) is 0. The first-order valence-electron chi connectivity index (χ1n) is 9.11. The predicted octanol–water partition coefficient (Wildman–Crippen LogP) is 1.57. The number of hydrazine groups is 1. The molecule has 1 heterocycles. The summed E-state index contributed by atoms with van der Waals surface area (Å²) in [6, 6.07) is 16.9. The van der Waals surface area contributed by atoms with Crippen LogP contribution in [-0.4, -0.2) is 35.8 Å². The molecule has 28 heavy (non-hydrogen) atoms. The molecule has 0 bridgehead atoms. The summed E-state index contributed by atoms with van der Waals surface area (Å²) in [5, 5.41) is 0. The van der Waals surface area contributed by atoms with Gasteiger partial charge in [-0.2, -0.15) is 0 Å². The Morgan fingerprint density at radius 3 is 2.64 bits per heavy atom. The maximum absolute atomic E-state index is 12.3. The van der Waals surface area contributed by atoms with Crippen molar-refractivity contribution in [2.24, 2.45) is 5.92 Å². The largest absolute Gasteiger partial charge is 0.484 e. The molecule has 1 aliphatic heterocycles. The summed E-state index contributed by atoms with van der Waals surface area (Å²) in [6.07, 6.45) is 0.133. The Balaban J connectivity index is 1.42. The van der Waals surface area contributed by atoms with Crippen LogP contribution in [0.3, 0.4) is 0 Å². The molecule has 2 aromatic rings. The zero-order valence-electron chi connectivity index (χ0n) is 15.7. The van der Waals surface area contributed by atoms with Crippen molar-refractivity contribution in [1.82, 2.24) is 15.8 Å². The van der Waals surface area contributed by atoms with Crippen LogP contribution in [0.1, 0.15) is 17.5 Å². The SMILES string of the molecule is Cc1cccc(OCC(=O)NNC(=O)C2CC(=O)N(Cc3ccccc3)C2)c1. The molecule has 1 fully saturated rings. The van der Waals surface area contributed by atoms with Gasteiger partial charge in [-0.25, -0.2) is 0 Å². The minimum Gasteiger partial charge on any atom is -0.484 e. The van der Waals surface area contributed by atoms with Gasteiger partial charge in [0.05, 0.1) is 5.92 Å². The molecule has 3 rings (SSSR count). The quantitative estimate of drug-likeness (QED) is 0.744. The van der Waals surface area contributed by atoms with E-state index in [1.165, 1.54) is 0 Å². The van der Waals surface area contributed by atoms with Gasteiger partial charge in [0.2, 0.25) is 11.8 Å². The number of hydrogen-bond acceptors (Lipinski definition) is 4. The lowest BCUT2D eigenvalue weighted by Crippen LogP contribution is -2.46. The summed E-state index contributed by atoms with van der Waals surface area (Å²) >= 11 is 0. The van der Waals surface area contributed by atoms with Gasteiger partial charge in [0.25, 0.3) is 5.91 Å². The van der Waals surface area contributed by atoms with Gasteiger partial charge >= 0.3 is 0 Å². The summed E-state index contributed by atoms with van der Waals surface area (Å²) in [5.41, 5.74) is 6.75. The van der Waals surface area contributed by atoms with Crippen LogP contribution in [0, 0.1) is 12.8 Å². The lowest BCUT2D eigenvalue weighted by molar-refractivity contribution is -0.132. The molecular weight excluding hydrogens is 358 g/mol. The Bertz CT molecular complexity index is 854. The van der Waals surface area contributed by atoms with E-state index in [2.05, 4.69) is 10.9 Å². The third-order valence-corrected chi connectivity index (χ3v) is 4.49. The van der Waals surface area contributed by atoms with Gasteiger partial charge < -0.3 is 9.64 Å². The number of ether oxygens (including phenoxy) is 1. The molecule has 1 unspecified atom stereocenters. The maximum atomic E-state index is 12.3. The highest BCUT2D eigenvalue weighted by atomic mass is 16.5. The van der Waals surface area contributed by atoms with Crippen LogP contribution in [0.25, 0.3) is 0 Å². The Hall–Kier alpha value is -3.35. The first-order valence-corrected chi connectivity index (χ1v) is 9.11. The second kappa shape index (κ2) is 9.03. The van der Waals surface area contributed by atoms with Crippen molar-refractivity contribution in [3.63, 3.8) is 0 Å². The molecule has 146 valence electrons. The smallest absolute Gasteiger partial charge is 0.276 e. The zero-order valence-corrected chi connectivity index (χ0v) is 15.7. The van der Waals surface area contributed by atoms with E-state index in [0.717, 1.165) is 11.1 Å². The van der Waals surface area contributed by atoms with Crippen LogP contribution >= 0.6 is 0 Å². The molecule has 2 N–H and O–H groups in total. The third kappa shape index (κ3) is 5.33. The molecule has 3 amide bonds. The highest BCUT2D eigenvalue weighted by Gasteiger charge is 2.34. The number of carbonyl (C=O) groups excluding carboxylic acids is 3. The van der Waals surface area contributed by atoms with Crippen molar-refractivity contribution >= 4 is 17.7 Å². The van der Waals surface area contributed by atoms with E-state index in [9.17, 15) is 14.4 Å². The predicted molar refractivity (Wildman–Crippen MR) is 103 cm³/mol. The van der Waals surface area contributed by atoms with E-state index < -0.39 is 11.8 Å². The topological polar surface area (TPSA) is 87.7 Å². The van der Waals surface area contributed by atoms with Crippen LogP contribution in [0.2, 0.25) is 0 Å². The van der Waals surface area contributed by atoms with Crippen molar-refractivity contribution in [3.8, 4) is 5.75 Å². The van der Waals surface area contributed by atoms with Crippen molar-refractivity contribution in [2.75, 3.05) is 13.2 Å². The number of nitrogens with zero attached hydrogens (tertiary/aromatic N) is 1. The summed E-state index contributed by atoms with van der Waals surface area (Å²) in [4.78, 5) is 37.9. The molecule has 0 aliphatic carbocycles. The highest BCUT2D eigenvalue weighted by molar-refractivity contribution is 5.90. The molecular formula is C21H23N3O4. The number of amides is 3. The molecule has 1 atom stereocenters. The molecule has 1 saturated heterocycles. The fourth-order valence-corrected chi connectivity index (χ4v) is 3.03. The average Bonchev–Trinajstić information content (AvgIpc) is 3.06. The molecule has 1 aliphatic rings. The van der Waals surface area contributed by atoms with E-state index in [1.54, 1.807) is 11.0 Å². The first kappa shape index (κ1) is 19.4. The monoisotopic (exact) mass is 381 g/mol. The van der Waals surface area contributed by atoms with E-state index in [-0.39, 0.29) is 24.8 Å². The lowest BCUT2D eigenvalue weighted by atomic mass is 10.1. The van der Waals surface area contributed by atoms with E-state index in [1.807, 2.05) is 55.5 Å². The summed E-state index contributed by atoms with van der Waals surface area (Å²) in [5.74, 6) is -0.833. The van der Waals surface area contributed by atoms with E-state index >= 15 is 0 Å². The van der Waals surface area contributed by atoms with Gasteiger partial charge in [-0.15, -0.1) is 0 Å². The average molecular weight is 381 g/mol. The van der Waals surface area contributed by atoms with E-state index in [4.69, 9.17) is 4.74 Å². The van der Waals surface area contributed by atoms with Gasteiger partial charge in [0, 0.05) is 19.5 Å². The molecule has 7 nitrogen and oxygen atoms in total. The zero-order chi connectivity index (χ0) is 19.9. The number of carbonyl (C=O) groups is 3. The number of benzene rings is 2. The minimum absolute atomic E-state index is 0.0712. The molecule has 0 radical (unpaired) electrons. The normalized spacial score (nSPS) is 16.0. The van der Waals surface area contributed by atoms with Crippen LogP contribution in [0.5, 0.6) is 5.75 Å². The molecule has 0 saturated carbocycles. The highest BCUT2D eigenvalue weighted by Crippen LogP contribution is 2.20. The summed E-state index contributed by atoms with van der Waals surface area (Å²) < 4.78 is 5.38. The van der Waals surface area contributed by atoms with Gasteiger partial charge in [-0.1, -0.05) is 42.5 Å². The van der Waals surface area contributed by atoms with Crippen LogP contribution in [0.15, 0.2) is 54.6 Å². The van der Waals surface area contributed by atoms with Crippen molar-refractivity contribution < 1.29 is 19.1 Å². The van der Waals surface area contributed by atoms with Gasteiger partial charge in [-0.3, -0.25) is 25.2 Å². The number of rotatable bonds is 6. The van der Waals surface area contributed by atoms with Crippen LogP contribution in [-0.2, 0) is 20.9 Å². The fraction of sp³-hybridized carbons (Fsp3) is 0.286. The Labute approximate surface area is 163 Å². The van der Waals surface area contributed by atoms with Crippen LogP contribution in [0.4, 0.5) is 0 Å². The number of nitrogens with one attached hydrogen (secondary N) is 2. The fourth-order valence-electron chi connectivity index (χ4n) is 3.03. The van der Waals surface area contributed by atoms with Crippen LogP contribution < -0.4 is 15.6 Å². The van der Waals surface area contributed by atoms with Crippen molar-refractivity contribution in [1.29, 1.82) is 0 Å². The second-order valence-electron chi connectivity index (χ2n) is 6.80. The standard InChI is InChI=1S/C21H23N3O4/c1-15-6-5-9-18(10-15)28-14-19(25)22-23-21(27)17-11-20(26)24(13-17)12-16-7-3-2-4-8-16/h2-10,17H,11-14H2,1H3,(H,22,25)(H,23,27). The van der Waals surface area contributed by atoms with Gasteiger partial charge in [-0.05, 0) is 30.2 Å².